The van der Waals surface area contributed by atoms with Crippen LogP contribution in [0.3, 0.4) is 0 Å². The van der Waals surface area contributed by atoms with Gasteiger partial charge in [0.2, 0.25) is 5.95 Å². The highest BCUT2D eigenvalue weighted by molar-refractivity contribution is 5.64. The number of benzene rings is 1. The Hall–Kier alpha value is -2.99. The summed E-state index contributed by atoms with van der Waals surface area (Å²) in [6.45, 7) is 2.66. The highest BCUT2D eigenvalue weighted by Gasteiger charge is 2.09. The summed E-state index contributed by atoms with van der Waals surface area (Å²) >= 11 is 0. The van der Waals surface area contributed by atoms with Gasteiger partial charge in [0.1, 0.15) is 5.82 Å². The standard InChI is InChI=1S/C20H23N5O/c1-15(14-26)23-20-24-18(17-5-3-2-4-6-17)13-19(25-20)22-12-9-16-7-10-21-11-8-16/h2-8,10-11,13,15,26H,9,12,14H2,1H3,(H2,22,23,24,25)/t15-/m0/s1. The zero-order valence-corrected chi connectivity index (χ0v) is 14.8. The molecule has 1 atom stereocenters. The number of aromatic nitrogens is 3. The maximum Gasteiger partial charge on any atom is 0.225 e. The molecule has 0 bridgehead atoms. The first-order chi connectivity index (χ1) is 12.7. The summed E-state index contributed by atoms with van der Waals surface area (Å²) in [6, 6.07) is 15.8. The fraction of sp³-hybridized carbons (Fsp3) is 0.250. The van der Waals surface area contributed by atoms with Crippen LogP contribution in [0, 0.1) is 0 Å². The Kier molecular flexibility index (Phi) is 6.11. The van der Waals surface area contributed by atoms with Crippen LogP contribution >= 0.6 is 0 Å². The Morgan fingerprint density at radius 1 is 1.04 bits per heavy atom. The minimum absolute atomic E-state index is 0.0176. The van der Waals surface area contributed by atoms with E-state index >= 15 is 0 Å². The van der Waals surface area contributed by atoms with Gasteiger partial charge in [-0.15, -0.1) is 0 Å². The topological polar surface area (TPSA) is 83.0 Å². The molecule has 3 N–H and O–H groups in total. The molecule has 0 fully saturated rings. The number of nitrogens with one attached hydrogen (secondary N) is 2. The number of hydrogen-bond acceptors (Lipinski definition) is 6. The van der Waals surface area contributed by atoms with Crippen molar-refractivity contribution >= 4 is 11.8 Å². The molecule has 0 spiro atoms. The lowest BCUT2D eigenvalue weighted by Crippen LogP contribution is -2.21. The first kappa shape index (κ1) is 17.8. The van der Waals surface area contributed by atoms with Crippen molar-refractivity contribution in [2.45, 2.75) is 19.4 Å². The van der Waals surface area contributed by atoms with Crippen LogP contribution in [0.5, 0.6) is 0 Å². The van der Waals surface area contributed by atoms with E-state index in [-0.39, 0.29) is 12.6 Å². The highest BCUT2D eigenvalue weighted by Crippen LogP contribution is 2.21. The molecule has 26 heavy (non-hydrogen) atoms. The van der Waals surface area contributed by atoms with Gasteiger partial charge in [0.15, 0.2) is 0 Å². The lowest BCUT2D eigenvalue weighted by atomic mass is 10.1. The Bertz CT molecular complexity index is 811. The number of pyridine rings is 1. The summed E-state index contributed by atoms with van der Waals surface area (Å²) in [5.74, 6) is 1.25. The third kappa shape index (κ3) is 5.00. The third-order valence-corrected chi connectivity index (χ3v) is 3.91. The fourth-order valence-electron chi connectivity index (χ4n) is 2.51. The van der Waals surface area contributed by atoms with Gasteiger partial charge >= 0.3 is 0 Å². The van der Waals surface area contributed by atoms with E-state index in [1.54, 1.807) is 12.4 Å². The maximum absolute atomic E-state index is 9.28. The van der Waals surface area contributed by atoms with Crippen LogP contribution in [0.15, 0.2) is 60.9 Å². The van der Waals surface area contributed by atoms with E-state index in [9.17, 15) is 5.11 Å². The predicted octanol–water partition coefficient (Wildman–Crippen LogP) is 2.99. The molecule has 0 unspecified atom stereocenters. The summed E-state index contributed by atoms with van der Waals surface area (Å²) in [5.41, 5.74) is 3.07. The quantitative estimate of drug-likeness (QED) is 0.580. The maximum atomic E-state index is 9.28. The van der Waals surface area contributed by atoms with Gasteiger partial charge in [0.05, 0.1) is 12.3 Å². The lowest BCUT2D eigenvalue weighted by molar-refractivity contribution is 0.281. The number of aliphatic hydroxyl groups is 1. The molecule has 0 saturated carbocycles. The van der Waals surface area contributed by atoms with E-state index in [4.69, 9.17) is 0 Å². The van der Waals surface area contributed by atoms with Gasteiger partial charge in [-0.05, 0) is 31.0 Å². The van der Waals surface area contributed by atoms with Crippen LogP contribution in [0.4, 0.5) is 11.8 Å². The van der Waals surface area contributed by atoms with Crippen LogP contribution in [-0.2, 0) is 6.42 Å². The van der Waals surface area contributed by atoms with E-state index in [2.05, 4.69) is 25.6 Å². The highest BCUT2D eigenvalue weighted by atomic mass is 16.3. The van der Waals surface area contributed by atoms with Gasteiger partial charge in [-0.1, -0.05) is 30.3 Å². The molecule has 0 aliphatic heterocycles. The summed E-state index contributed by atoms with van der Waals surface area (Å²) in [6.07, 6.45) is 4.47. The normalized spacial score (nSPS) is 11.8. The second kappa shape index (κ2) is 8.92. The predicted molar refractivity (Wildman–Crippen MR) is 104 cm³/mol. The Morgan fingerprint density at radius 2 is 1.81 bits per heavy atom. The van der Waals surface area contributed by atoms with Gasteiger partial charge in [0, 0.05) is 36.6 Å². The number of hydrogen-bond donors (Lipinski definition) is 3. The summed E-state index contributed by atoms with van der Waals surface area (Å²) in [5, 5.41) is 15.8. The van der Waals surface area contributed by atoms with Crippen molar-refractivity contribution < 1.29 is 5.11 Å². The van der Waals surface area contributed by atoms with Crippen molar-refractivity contribution in [1.82, 2.24) is 15.0 Å². The van der Waals surface area contributed by atoms with Crippen molar-refractivity contribution in [3.05, 3.63) is 66.5 Å². The van der Waals surface area contributed by atoms with Gasteiger partial charge in [-0.2, -0.15) is 4.98 Å². The van der Waals surface area contributed by atoms with Crippen molar-refractivity contribution in [2.75, 3.05) is 23.8 Å². The van der Waals surface area contributed by atoms with Crippen molar-refractivity contribution in [1.29, 1.82) is 0 Å². The van der Waals surface area contributed by atoms with Gasteiger partial charge in [-0.25, -0.2) is 4.98 Å². The molecule has 0 aliphatic carbocycles. The number of aliphatic hydroxyl groups excluding tert-OH is 1. The van der Waals surface area contributed by atoms with E-state index in [1.165, 1.54) is 5.56 Å². The minimum Gasteiger partial charge on any atom is -0.394 e. The Labute approximate surface area is 153 Å². The smallest absolute Gasteiger partial charge is 0.225 e. The number of anilines is 2. The molecule has 6 nitrogen and oxygen atoms in total. The fourth-order valence-corrected chi connectivity index (χ4v) is 2.51. The Morgan fingerprint density at radius 3 is 2.54 bits per heavy atom. The van der Waals surface area contributed by atoms with E-state index < -0.39 is 0 Å². The molecule has 0 radical (unpaired) electrons. The zero-order valence-electron chi connectivity index (χ0n) is 14.8. The molecule has 0 aliphatic rings. The van der Waals surface area contributed by atoms with E-state index in [0.717, 1.165) is 30.0 Å². The van der Waals surface area contributed by atoms with Crippen molar-refractivity contribution in [3.8, 4) is 11.3 Å². The van der Waals surface area contributed by atoms with Gasteiger partial charge in [0.25, 0.3) is 0 Å². The summed E-state index contributed by atoms with van der Waals surface area (Å²) in [7, 11) is 0. The molecule has 6 heteroatoms. The average molecular weight is 349 g/mol. The summed E-state index contributed by atoms with van der Waals surface area (Å²) in [4.78, 5) is 13.1. The minimum atomic E-state index is -0.120. The van der Waals surface area contributed by atoms with Crippen LogP contribution in [0.2, 0.25) is 0 Å². The summed E-state index contributed by atoms with van der Waals surface area (Å²) < 4.78 is 0. The largest absolute Gasteiger partial charge is 0.394 e. The number of rotatable bonds is 8. The molecule has 2 aromatic heterocycles. The molecule has 134 valence electrons. The molecular formula is C20H23N5O. The van der Waals surface area contributed by atoms with Gasteiger partial charge in [-0.3, -0.25) is 4.98 Å². The second-order valence-corrected chi connectivity index (χ2v) is 6.09. The lowest BCUT2D eigenvalue weighted by Gasteiger charge is -2.14. The van der Waals surface area contributed by atoms with Gasteiger partial charge < -0.3 is 15.7 Å². The van der Waals surface area contributed by atoms with Crippen LogP contribution < -0.4 is 10.6 Å². The van der Waals surface area contributed by atoms with E-state index in [1.807, 2.05) is 55.5 Å². The van der Waals surface area contributed by atoms with Crippen molar-refractivity contribution in [2.24, 2.45) is 0 Å². The van der Waals surface area contributed by atoms with Crippen LogP contribution in [-0.4, -0.2) is 39.3 Å². The first-order valence-electron chi connectivity index (χ1n) is 8.69. The first-order valence-corrected chi connectivity index (χ1v) is 8.69. The molecule has 0 amide bonds. The van der Waals surface area contributed by atoms with Crippen LogP contribution in [0.25, 0.3) is 11.3 Å². The molecule has 1 aromatic carbocycles. The Balaban J connectivity index is 1.77. The second-order valence-electron chi connectivity index (χ2n) is 6.09. The SMILES string of the molecule is C[C@@H](CO)Nc1nc(NCCc2ccncc2)cc(-c2ccccc2)n1. The van der Waals surface area contributed by atoms with Crippen molar-refractivity contribution in [3.63, 3.8) is 0 Å². The number of nitrogens with zero attached hydrogens (tertiary/aromatic N) is 3. The monoisotopic (exact) mass is 349 g/mol. The molecule has 2 heterocycles. The molecular weight excluding hydrogens is 326 g/mol. The third-order valence-electron chi connectivity index (χ3n) is 3.91. The zero-order chi connectivity index (χ0) is 18.2. The van der Waals surface area contributed by atoms with E-state index in [0.29, 0.717) is 5.95 Å². The average Bonchev–Trinajstić information content (AvgIpc) is 2.69. The molecule has 0 saturated heterocycles. The molecule has 3 rings (SSSR count). The molecule has 3 aromatic rings. The van der Waals surface area contributed by atoms with Crippen LogP contribution in [0.1, 0.15) is 12.5 Å².